The molecule has 0 saturated carbocycles. The molecule has 0 N–H and O–H groups in total. The Morgan fingerprint density at radius 2 is 0.959 bits per heavy atom. The first-order valence-corrected chi connectivity index (χ1v) is 26.5. The Morgan fingerprint density at radius 3 is 1.58 bits per heavy atom. The summed E-state index contributed by atoms with van der Waals surface area (Å²) < 4.78 is 57.5. The molecule has 0 spiro atoms. The largest absolute Gasteiger partial charge is 0.466 e. The van der Waals surface area contributed by atoms with Crippen molar-refractivity contribution >= 4 is 89.6 Å². The first kappa shape index (κ1) is 42.0. The van der Waals surface area contributed by atoms with Crippen molar-refractivity contribution in [3.63, 3.8) is 0 Å². The molecule has 0 bridgehead atoms. The van der Waals surface area contributed by atoms with E-state index in [-0.39, 0.29) is 62.3 Å². The van der Waals surface area contributed by atoms with Gasteiger partial charge in [0.05, 0.1) is 23.6 Å². The normalized spacial score (nSPS) is 15.3. The number of benzene rings is 7. The van der Waals surface area contributed by atoms with E-state index >= 15 is 0 Å². The molecule has 0 amide bonds. The van der Waals surface area contributed by atoms with Crippen LogP contribution in [0.25, 0.3) is 71.4 Å². The van der Waals surface area contributed by atoms with Crippen LogP contribution in [0.15, 0.2) is 126 Å². The first-order chi connectivity index (χ1) is 36.1. The van der Waals surface area contributed by atoms with Crippen molar-refractivity contribution in [2.45, 2.75) is 157 Å². The molecule has 12 rings (SSSR count). The summed E-state index contributed by atoms with van der Waals surface area (Å²) in [6.45, 7) is 40.7. The molecule has 2 aliphatic rings. The summed E-state index contributed by atoms with van der Waals surface area (Å²) in [7, 11) is 0. The molecule has 0 atom stereocenters. The van der Waals surface area contributed by atoms with E-state index in [2.05, 4.69) is 225 Å². The van der Waals surface area contributed by atoms with Gasteiger partial charge < -0.3 is 18.4 Å². The monoisotopic (exact) mass is 965 g/mol. The van der Waals surface area contributed by atoms with Crippen LogP contribution in [-0.4, -0.2) is 15.9 Å². The number of furan rings is 1. The number of nitrogens with zero attached hydrogens (tertiary/aromatic N) is 3. The molecule has 0 radical (unpaired) electrons. The van der Waals surface area contributed by atoms with Gasteiger partial charge in [-0.1, -0.05) is 173 Å². The van der Waals surface area contributed by atoms with Gasteiger partial charge in [-0.25, -0.2) is 0 Å². The highest BCUT2D eigenvalue weighted by molar-refractivity contribution is 6.89. The van der Waals surface area contributed by atoms with Crippen LogP contribution in [-0.2, 0) is 32.5 Å². The van der Waals surface area contributed by atoms with Gasteiger partial charge in [-0.2, -0.15) is 0 Å². The molecule has 2 aliphatic heterocycles. The van der Waals surface area contributed by atoms with Gasteiger partial charge in [-0.15, -0.1) is 0 Å². The van der Waals surface area contributed by atoms with Gasteiger partial charge in [-0.05, 0) is 144 Å². The van der Waals surface area contributed by atoms with Crippen LogP contribution in [0.5, 0.6) is 0 Å². The molecule has 0 saturated heterocycles. The van der Waals surface area contributed by atoms with E-state index in [0.29, 0.717) is 0 Å². The van der Waals surface area contributed by atoms with Gasteiger partial charge in [0.1, 0.15) is 11.2 Å². The third-order valence-electron chi connectivity index (χ3n) is 16.2. The minimum absolute atomic E-state index is 0.0381. The Morgan fingerprint density at radius 1 is 0.438 bits per heavy atom. The van der Waals surface area contributed by atoms with Crippen LogP contribution >= 0.6 is 0 Å². The standard InChI is InChI=1S/C68H74BN3O/c1-63(2,3)39-24-27-45(28-25-39)71-57-36-43(67(13,14)15)31-49-51-33-41(65(7,8)9)32-50-48-37-55-47(46-30-40(64(4,5)6)26-29-54(46)70(55)44-22-20-19-21-23-44)38-56(48)72(59(50)51)69(58(49)57)62-60(71)52-34-42(66(10,11)12)35-53(61(52)73-62)68(16,17)18/h19-38H,1-18H3/i19D,20D,21D,22D,23D. The Labute approximate surface area is 441 Å². The third-order valence-corrected chi connectivity index (χ3v) is 16.2. The van der Waals surface area contributed by atoms with Gasteiger partial charge in [0.15, 0.2) is 0 Å². The van der Waals surface area contributed by atoms with E-state index in [1.54, 1.807) is 0 Å². The number of hydrogen-bond acceptors (Lipinski definition) is 2. The highest BCUT2D eigenvalue weighted by atomic mass is 16.3. The Balaban J connectivity index is 1.32. The van der Waals surface area contributed by atoms with Crippen molar-refractivity contribution in [1.82, 2.24) is 9.05 Å². The average Bonchev–Trinajstić information content (AvgIpc) is 4.00. The Hall–Kier alpha value is -6.46. The van der Waals surface area contributed by atoms with Crippen LogP contribution < -0.4 is 16.0 Å². The smallest absolute Gasteiger partial charge is 0.375 e. The topological polar surface area (TPSA) is 26.2 Å². The lowest BCUT2D eigenvalue weighted by Crippen LogP contribution is -2.56. The van der Waals surface area contributed by atoms with Crippen molar-refractivity contribution in [2.24, 2.45) is 0 Å². The van der Waals surface area contributed by atoms with Crippen molar-refractivity contribution in [1.29, 1.82) is 0 Å². The number of fused-ring (bicyclic) bond motifs is 12. The summed E-state index contributed by atoms with van der Waals surface area (Å²) in [5.41, 5.74) is 18.7. The highest BCUT2D eigenvalue weighted by Gasteiger charge is 2.48. The fourth-order valence-electron chi connectivity index (χ4n) is 11.9. The molecule has 370 valence electrons. The quantitative estimate of drug-likeness (QED) is 0.161. The van der Waals surface area contributed by atoms with E-state index in [4.69, 9.17) is 8.53 Å². The molecule has 73 heavy (non-hydrogen) atoms. The molecular formula is C68H74BN3O. The number of hydrogen-bond donors (Lipinski definition) is 0. The van der Waals surface area contributed by atoms with Gasteiger partial charge >= 0.3 is 6.85 Å². The zero-order valence-electron chi connectivity index (χ0n) is 51.5. The van der Waals surface area contributed by atoms with Crippen LogP contribution in [0.2, 0.25) is 0 Å². The molecule has 0 aliphatic carbocycles. The SMILES string of the molecule is [2H]c1c([2H])c([2H])c(-n2c3ccc(C(C)(C)C)cc3c3cc4c(cc32)c2cc(C(C)(C)C)cc3c2n4B2c4oc5c(C(C)(C)C)cc(C(C)(C)C)cc5c4N(c4ccc(C(C)(C)C)cc4)c4cc(C(C)(C)C)cc-3c42)c([2H])c1[2H]. The number of aromatic nitrogens is 2. The van der Waals surface area contributed by atoms with Crippen molar-refractivity contribution in [3.05, 3.63) is 155 Å². The third kappa shape index (κ3) is 7.14. The fraction of sp³-hybridized carbons (Fsp3) is 0.353. The van der Waals surface area contributed by atoms with E-state index in [1.165, 1.54) is 44.4 Å². The van der Waals surface area contributed by atoms with E-state index < -0.39 is 12.9 Å². The predicted molar refractivity (Wildman–Crippen MR) is 316 cm³/mol. The summed E-state index contributed by atoms with van der Waals surface area (Å²) in [6.07, 6.45) is 0. The summed E-state index contributed by atoms with van der Waals surface area (Å²) in [4.78, 5) is 2.53. The maximum absolute atomic E-state index is 9.40. The predicted octanol–water partition coefficient (Wildman–Crippen LogP) is 17.8. The average molecular weight is 965 g/mol. The number of anilines is 3. The molecule has 4 nitrogen and oxygen atoms in total. The molecule has 7 aromatic carbocycles. The lowest BCUT2D eigenvalue weighted by molar-refractivity contribution is 0.557. The minimum atomic E-state index is -0.411. The maximum atomic E-state index is 9.40. The molecule has 3 aromatic heterocycles. The molecule has 0 unspecified atom stereocenters. The van der Waals surface area contributed by atoms with Crippen LogP contribution in [0.1, 0.15) is 165 Å². The molecular weight excluding hydrogens is 886 g/mol. The van der Waals surface area contributed by atoms with Crippen LogP contribution in [0.3, 0.4) is 0 Å². The van der Waals surface area contributed by atoms with Gasteiger partial charge in [0.25, 0.3) is 0 Å². The molecule has 5 heterocycles. The summed E-state index contributed by atoms with van der Waals surface area (Å²) >= 11 is 0. The second kappa shape index (κ2) is 15.1. The van der Waals surface area contributed by atoms with Crippen LogP contribution in [0, 0.1) is 0 Å². The Bertz CT molecular complexity index is 4230. The zero-order valence-corrected chi connectivity index (χ0v) is 46.5. The molecule has 0 fully saturated rings. The lowest BCUT2D eigenvalue weighted by atomic mass is 9.47. The summed E-state index contributed by atoms with van der Waals surface area (Å²) in [5.74, 6) is 0. The molecule has 10 aromatic rings. The van der Waals surface area contributed by atoms with Crippen LogP contribution in [0.4, 0.5) is 17.1 Å². The van der Waals surface area contributed by atoms with E-state index in [0.717, 1.165) is 82.9 Å². The molecule has 5 heteroatoms. The lowest BCUT2D eigenvalue weighted by Gasteiger charge is -2.40. The van der Waals surface area contributed by atoms with Gasteiger partial charge in [-0.3, -0.25) is 0 Å². The van der Waals surface area contributed by atoms with E-state index in [1.807, 2.05) is 4.57 Å². The number of rotatable bonds is 2. The van der Waals surface area contributed by atoms with E-state index in [9.17, 15) is 2.74 Å². The Kier molecular flexibility index (Phi) is 8.67. The fourth-order valence-corrected chi connectivity index (χ4v) is 11.9. The summed E-state index contributed by atoms with van der Waals surface area (Å²) in [6, 6.07) is 33.2. The zero-order chi connectivity index (χ0) is 56.4. The van der Waals surface area contributed by atoms with Gasteiger partial charge in [0.2, 0.25) is 0 Å². The minimum Gasteiger partial charge on any atom is -0.466 e. The second-order valence-corrected chi connectivity index (χ2v) is 27.7. The number of para-hydroxylation sites is 1. The maximum Gasteiger partial charge on any atom is 0.375 e. The van der Waals surface area contributed by atoms with Crippen molar-refractivity contribution in [2.75, 3.05) is 4.90 Å². The highest BCUT2D eigenvalue weighted by Crippen LogP contribution is 2.52. The van der Waals surface area contributed by atoms with Crippen molar-refractivity contribution in [3.8, 4) is 16.8 Å². The van der Waals surface area contributed by atoms with Crippen molar-refractivity contribution < 1.29 is 11.3 Å². The van der Waals surface area contributed by atoms with Gasteiger partial charge in [0, 0.05) is 66.2 Å². The summed E-state index contributed by atoms with van der Waals surface area (Å²) in [5, 5.41) is 5.10. The first-order valence-electron chi connectivity index (χ1n) is 29.0. The second-order valence-electron chi connectivity index (χ2n) is 27.7.